The topological polar surface area (TPSA) is 89.3 Å². The Morgan fingerprint density at radius 1 is 1.14 bits per heavy atom. The molecule has 0 amide bonds. The molecule has 22 heavy (non-hydrogen) atoms. The number of nitrogens with one attached hydrogen (secondary N) is 1. The minimum absolute atomic E-state index is 0.0102. The molecule has 0 radical (unpaired) electrons. The van der Waals surface area contributed by atoms with Gasteiger partial charge in [0.2, 0.25) is 0 Å². The number of rotatable bonds is 4. The van der Waals surface area contributed by atoms with Crippen LogP contribution in [0.25, 0.3) is 0 Å². The van der Waals surface area contributed by atoms with Crippen molar-refractivity contribution in [2.24, 2.45) is 0 Å². The summed E-state index contributed by atoms with van der Waals surface area (Å²) in [5.41, 5.74) is 0.519. The van der Waals surface area contributed by atoms with Crippen LogP contribution in [0, 0.1) is 29.8 Å². The smallest absolute Gasteiger partial charge is 0.271 e. The molecule has 0 aliphatic heterocycles. The van der Waals surface area contributed by atoms with E-state index in [0.29, 0.717) is 5.56 Å². The van der Waals surface area contributed by atoms with E-state index in [0.717, 1.165) is 23.8 Å². The Labute approximate surface area is 126 Å². The van der Waals surface area contributed by atoms with Gasteiger partial charge in [0.25, 0.3) is 15.7 Å². The zero-order chi connectivity index (χ0) is 16.5. The Kier molecular flexibility index (Phi) is 4.14. The highest BCUT2D eigenvalue weighted by atomic mass is 32.2. The van der Waals surface area contributed by atoms with E-state index in [1.165, 1.54) is 6.07 Å². The predicted molar refractivity (Wildman–Crippen MR) is 79.8 cm³/mol. The second kappa shape index (κ2) is 5.72. The van der Waals surface area contributed by atoms with Crippen molar-refractivity contribution in [1.29, 1.82) is 0 Å². The Morgan fingerprint density at radius 2 is 1.82 bits per heavy atom. The molecule has 0 unspecified atom stereocenters. The van der Waals surface area contributed by atoms with E-state index in [2.05, 4.69) is 4.72 Å². The fraction of sp³-hybridized carbons (Fsp3) is 0.143. The lowest BCUT2D eigenvalue weighted by atomic mass is 10.2. The first-order valence-electron chi connectivity index (χ1n) is 6.25. The van der Waals surface area contributed by atoms with E-state index in [1.54, 1.807) is 19.1 Å². The van der Waals surface area contributed by atoms with Crippen molar-refractivity contribution in [1.82, 2.24) is 0 Å². The van der Waals surface area contributed by atoms with Crippen LogP contribution >= 0.6 is 0 Å². The summed E-state index contributed by atoms with van der Waals surface area (Å²) in [4.78, 5) is 9.96. The molecule has 0 saturated heterocycles. The summed E-state index contributed by atoms with van der Waals surface area (Å²) in [6.45, 7) is 3.43. The number of benzene rings is 2. The van der Waals surface area contributed by atoms with Crippen molar-refractivity contribution >= 4 is 21.4 Å². The SMILES string of the molecule is Cc1ccc(S(=O)(=O)Nc2cc([N+](=O)[O-])ccc2F)c(C)c1. The number of nitro benzene ring substituents is 1. The van der Waals surface area contributed by atoms with Gasteiger partial charge in [-0.25, -0.2) is 12.8 Å². The van der Waals surface area contributed by atoms with Crippen molar-refractivity contribution < 1.29 is 17.7 Å². The van der Waals surface area contributed by atoms with Crippen molar-refractivity contribution in [3.63, 3.8) is 0 Å². The molecule has 2 aromatic carbocycles. The molecule has 0 aromatic heterocycles. The largest absolute Gasteiger partial charge is 0.276 e. The van der Waals surface area contributed by atoms with Gasteiger partial charge >= 0.3 is 0 Å². The van der Waals surface area contributed by atoms with Gasteiger partial charge in [0.1, 0.15) is 5.82 Å². The highest BCUT2D eigenvalue weighted by molar-refractivity contribution is 7.92. The van der Waals surface area contributed by atoms with Gasteiger partial charge in [0.05, 0.1) is 15.5 Å². The van der Waals surface area contributed by atoms with Crippen LogP contribution in [0.5, 0.6) is 0 Å². The maximum Gasteiger partial charge on any atom is 0.271 e. The van der Waals surface area contributed by atoms with E-state index in [1.807, 2.05) is 6.92 Å². The Balaban J connectivity index is 2.45. The molecule has 6 nitrogen and oxygen atoms in total. The summed E-state index contributed by atoms with van der Waals surface area (Å²) in [5.74, 6) is -0.890. The van der Waals surface area contributed by atoms with E-state index in [9.17, 15) is 22.9 Å². The Bertz CT molecular complexity index is 850. The molecule has 0 bridgehead atoms. The van der Waals surface area contributed by atoms with Gasteiger partial charge in [-0.2, -0.15) is 0 Å². The van der Waals surface area contributed by atoms with Crippen molar-refractivity contribution in [3.8, 4) is 0 Å². The first-order valence-corrected chi connectivity index (χ1v) is 7.73. The number of nitro groups is 1. The highest BCUT2D eigenvalue weighted by Crippen LogP contribution is 2.25. The molecule has 0 heterocycles. The quantitative estimate of drug-likeness (QED) is 0.691. The van der Waals surface area contributed by atoms with Gasteiger partial charge in [-0.15, -0.1) is 0 Å². The third-order valence-corrected chi connectivity index (χ3v) is 4.55. The van der Waals surface area contributed by atoms with Crippen LogP contribution in [0.15, 0.2) is 41.3 Å². The Morgan fingerprint density at radius 3 is 2.41 bits per heavy atom. The number of hydrogen-bond donors (Lipinski definition) is 1. The number of nitrogens with zero attached hydrogens (tertiary/aromatic N) is 1. The number of hydrogen-bond acceptors (Lipinski definition) is 4. The summed E-state index contributed by atoms with van der Waals surface area (Å²) in [6, 6.07) is 7.35. The minimum atomic E-state index is -4.04. The standard InChI is InChI=1S/C14H13FN2O4S/c1-9-3-6-14(10(2)7-9)22(20,21)16-13-8-11(17(18)19)4-5-12(13)15/h3-8,16H,1-2H3. The van der Waals surface area contributed by atoms with Gasteiger partial charge < -0.3 is 0 Å². The minimum Gasteiger partial charge on any atom is -0.276 e. The van der Waals surface area contributed by atoms with Gasteiger partial charge in [-0.1, -0.05) is 17.7 Å². The van der Waals surface area contributed by atoms with E-state index in [-0.39, 0.29) is 4.90 Å². The van der Waals surface area contributed by atoms with Crippen molar-refractivity contribution in [2.75, 3.05) is 4.72 Å². The molecule has 0 atom stereocenters. The normalized spacial score (nSPS) is 11.2. The summed E-state index contributed by atoms with van der Waals surface area (Å²) in [5, 5.41) is 10.7. The average molecular weight is 324 g/mol. The molecule has 2 rings (SSSR count). The molecule has 0 spiro atoms. The summed E-state index contributed by atoms with van der Waals surface area (Å²) < 4.78 is 40.4. The van der Waals surface area contributed by atoms with Crippen LogP contribution in [-0.2, 0) is 10.0 Å². The zero-order valence-electron chi connectivity index (χ0n) is 11.8. The predicted octanol–water partition coefficient (Wildman–Crippen LogP) is 3.15. The highest BCUT2D eigenvalue weighted by Gasteiger charge is 2.20. The molecule has 0 aliphatic carbocycles. The van der Waals surface area contributed by atoms with Gasteiger partial charge in [0, 0.05) is 12.1 Å². The third-order valence-electron chi connectivity index (χ3n) is 3.03. The number of non-ortho nitro benzene ring substituents is 1. The maximum absolute atomic E-state index is 13.7. The Hall–Kier alpha value is -2.48. The first-order chi connectivity index (χ1) is 10.2. The zero-order valence-corrected chi connectivity index (χ0v) is 12.6. The summed E-state index contributed by atoms with van der Waals surface area (Å²) >= 11 is 0. The number of halogens is 1. The molecular weight excluding hydrogens is 311 g/mol. The van der Waals surface area contributed by atoms with E-state index < -0.39 is 32.1 Å². The van der Waals surface area contributed by atoms with Crippen LogP contribution < -0.4 is 4.72 Å². The second-order valence-electron chi connectivity index (χ2n) is 4.80. The summed E-state index contributed by atoms with van der Waals surface area (Å²) in [7, 11) is -4.04. The number of anilines is 1. The summed E-state index contributed by atoms with van der Waals surface area (Å²) in [6.07, 6.45) is 0. The molecule has 0 aliphatic rings. The molecule has 1 N–H and O–H groups in total. The van der Waals surface area contributed by atoms with Gasteiger partial charge in [0.15, 0.2) is 0 Å². The molecule has 2 aromatic rings. The fourth-order valence-electron chi connectivity index (χ4n) is 2.01. The molecule has 0 saturated carbocycles. The van der Waals surface area contributed by atoms with Crippen molar-refractivity contribution in [2.45, 2.75) is 18.7 Å². The first kappa shape index (κ1) is 15.9. The molecule has 116 valence electrons. The van der Waals surface area contributed by atoms with Gasteiger partial charge in [-0.05, 0) is 31.5 Å². The lowest BCUT2D eigenvalue weighted by molar-refractivity contribution is -0.384. The van der Waals surface area contributed by atoms with Crippen LogP contribution in [-0.4, -0.2) is 13.3 Å². The number of aryl methyl sites for hydroxylation is 2. The van der Waals surface area contributed by atoms with Crippen LogP contribution in [0.4, 0.5) is 15.8 Å². The van der Waals surface area contributed by atoms with Crippen LogP contribution in [0.1, 0.15) is 11.1 Å². The third kappa shape index (κ3) is 3.22. The van der Waals surface area contributed by atoms with E-state index in [4.69, 9.17) is 0 Å². The van der Waals surface area contributed by atoms with Crippen molar-refractivity contribution in [3.05, 3.63) is 63.5 Å². The number of sulfonamides is 1. The van der Waals surface area contributed by atoms with Crippen LogP contribution in [0.2, 0.25) is 0 Å². The molecule has 0 fully saturated rings. The maximum atomic E-state index is 13.7. The van der Waals surface area contributed by atoms with Gasteiger partial charge in [-0.3, -0.25) is 14.8 Å². The second-order valence-corrected chi connectivity index (χ2v) is 6.45. The van der Waals surface area contributed by atoms with E-state index >= 15 is 0 Å². The lowest BCUT2D eigenvalue weighted by Crippen LogP contribution is -2.15. The molecule has 8 heteroatoms. The monoisotopic (exact) mass is 324 g/mol. The molecular formula is C14H13FN2O4S. The lowest BCUT2D eigenvalue weighted by Gasteiger charge is -2.11. The fourth-order valence-corrected chi connectivity index (χ4v) is 3.29. The van der Waals surface area contributed by atoms with Crippen LogP contribution in [0.3, 0.4) is 0 Å². The average Bonchev–Trinajstić information content (AvgIpc) is 2.40.